The molecule has 54 valence electrons. The number of rotatable bonds is 1. The average Bonchev–Trinajstić information content (AvgIpc) is 1.95. The Bertz CT molecular complexity index is 237. The number of hydrogen-bond donors (Lipinski definition) is 1. The summed E-state index contributed by atoms with van der Waals surface area (Å²) in [5.74, 6) is -0.183. The van der Waals surface area contributed by atoms with Gasteiger partial charge in [0.2, 0.25) is 0 Å². The van der Waals surface area contributed by atoms with Crippen LogP contribution in [0.4, 0.5) is 4.39 Å². The third-order valence-electron chi connectivity index (χ3n) is 1.22. The molecule has 0 aromatic heterocycles. The van der Waals surface area contributed by atoms with Crippen LogP contribution in [0, 0.1) is 9.39 Å². The van der Waals surface area contributed by atoms with E-state index in [0.717, 1.165) is 5.56 Å². The van der Waals surface area contributed by atoms with Crippen LogP contribution >= 0.6 is 22.6 Å². The summed E-state index contributed by atoms with van der Waals surface area (Å²) in [5, 5.41) is 0. The van der Waals surface area contributed by atoms with Crippen LogP contribution in [0.25, 0.3) is 0 Å². The fourth-order valence-electron chi connectivity index (χ4n) is 0.667. The maximum Gasteiger partial charge on any atom is 0.136 e. The first-order valence-corrected chi connectivity index (χ1v) is 3.96. The van der Waals surface area contributed by atoms with Gasteiger partial charge in [-0.3, -0.25) is 0 Å². The largest absolute Gasteiger partial charge is 0.326 e. The van der Waals surface area contributed by atoms with Gasteiger partial charge in [0.1, 0.15) is 5.82 Å². The third kappa shape index (κ3) is 1.67. The van der Waals surface area contributed by atoms with Crippen molar-refractivity contribution in [3.05, 3.63) is 33.1 Å². The van der Waals surface area contributed by atoms with E-state index in [1.54, 1.807) is 12.1 Å². The molecule has 0 radical (unpaired) electrons. The number of halogens is 2. The highest BCUT2D eigenvalue weighted by Crippen LogP contribution is 2.11. The second kappa shape index (κ2) is 3.30. The molecule has 10 heavy (non-hydrogen) atoms. The maximum atomic E-state index is 12.6. The van der Waals surface area contributed by atoms with E-state index < -0.39 is 0 Å². The molecule has 0 amide bonds. The van der Waals surface area contributed by atoms with Gasteiger partial charge in [-0.1, -0.05) is 6.07 Å². The minimum absolute atomic E-state index is 0.183. The molecule has 3 heteroatoms. The predicted octanol–water partition coefficient (Wildman–Crippen LogP) is 1.89. The zero-order chi connectivity index (χ0) is 7.56. The molecule has 0 atom stereocenters. The fourth-order valence-corrected chi connectivity index (χ4v) is 1.25. The van der Waals surface area contributed by atoms with Crippen molar-refractivity contribution in [3.8, 4) is 0 Å². The lowest BCUT2D eigenvalue weighted by atomic mass is 10.2. The normalized spacial score (nSPS) is 9.90. The molecule has 1 aromatic carbocycles. The number of nitrogens with two attached hydrogens (primary N) is 1. The van der Waals surface area contributed by atoms with Gasteiger partial charge in [0.05, 0.1) is 0 Å². The van der Waals surface area contributed by atoms with Crippen LogP contribution in [0.1, 0.15) is 5.56 Å². The molecule has 0 fully saturated rings. The van der Waals surface area contributed by atoms with E-state index in [2.05, 4.69) is 0 Å². The zero-order valence-electron chi connectivity index (χ0n) is 5.27. The smallest absolute Gasteiger partial charge is 0.136 e. The maximum absolute atomic E-state index is 12.6. The highest BCUT2D eigenvalue weighted by Gasteiger charge is 1.97. The quantitative estimate of drug-likeness (QED) is 0.758. The van der Waals surface area contributed by atoms with Crippen LogP contribution in [0.5, 0.6) is 0 Å². The highest BCUT2D eigenvalue weighted by atomic mass is 127. The Morgan fingerprint density at radius 2 is 2.20 bits per heavy atom. The molecule has 0 heterocycles. The summed E-state index contributed by atoms with van der Waals surface area (Å²) in [4.78, 5) is 0. The standard InChI is InChI=1S/C7H7FIN/c8-6-2-1-5(4-10)3-7(6)9/h1-3H,4,10H2. The van der Waals surface area contributed by atoms with Crippen molar-refractivity contribution in [2.75, 3.05) is 0 Å². The Labute approximate surface area is 72.6 Å². The number of hydrogen-bond acceptors (Lipinski definition) is 1. The monoisotopic (exact) mass is 251 g/mol. The van der Waals surface area contributed by atoms with Gasteiger partial charge in [-0.2, -0.15) is 0 Å². The van der Waals surface area contributed by atoms with E-state index in [1.165, 1.54) is 6.07 Å². The zero-order valence-corrected chi connectivity index (χ0v) is 7.43. The molecular weight excluding hydrogens is 244 g/mol. The minimum Gasteiger partial charge on any atom is -0.326 e. The second-order valence-electron chi connectivity index (χ2n) is 1.95. The van der Waals surface area contributed by atoms with Crippen molar-refractivity contribution in [2.24, 2.45) is 5.73 Å². The van der Waals surface area contributed by atoms with Crippen molar-refractivity contribution in [1.29, 1.82) is 0 Å². The van der Waals surface area contributed by atoms with E-state index in [0.29, 0.717) is 10.1 Å². The fraction of sp³-hybridized carbons (Fsp3) is 0.143. The lowest BCUT2D eigenvalue weighted by molar-refractivity contribution is 0.619. The predicted molar refractivity (Wildman–Crippen MR) is 47.0 cm³/mol. The van der Waals surface area contributed by atoms with Crippen LogP contribution < -0.4 is 5.73 Å². The first kappa shape index (κ1) is 7.94. The molecule has 0 saturated carbocycles. The van der Waals surface area contributed by atoms with E-state index in [1.807, 2.05) is 22.6 Å². The Morgan fingerprint density at radius 3 is 2.70 bits per heavy atom. The van der Waals surface area contributed by atoms with Crippen LogP contribution in [-0.2, 0) is 6.54 Å². The lowest BCUT2D eigenvalue weighted by Crippen LogP contribution is -1.96. The van der Waals surface area contributed by atoms with Gasteiger partial charge in [-0.05, 0) is 40.3 Å². The van der Waals surface area contributed by atoms with Crippen LogP contribution in [0.2, 0.25) is 0 Å². The summed E-state index contributed by atoms with van der Waals surface area (Å²) in [6, 6.07) is 4.87. The van der Waals surface area contributed by atoms with Gasteiger partial charge < -0.3 is 5.73 Å². The Kier molecular flexibility index (Phi) is 2.62. The topological polar surface area (TPSA) is 26.0 Å². The van der Waals surface area contributed by atoms with E-state index in [4.69, 9.17) is 5.73 Å². The Balaban J connectivity index is 3.04. The molecule has 0 aliphatic rings. The van der Waals surface area contributed by atoms with Gasteiger partial charge in [-0.15, -0.1) is 0 Å². The Morgan fingerprint density at radius 1 is 1.50 bits per heavy atom. The summed E-state index contributed by atoms with van der Waals surface area (Å²) < 4.78 is 13.2. The summed E-state index contributed by atoms with van der Waals surface area (Å²) >= 11 is 1.94. The van der Waals surface area contributed by atoms with Crippen molar-refractivity contribution in [2.45, 2.75) is 6.54 Å². The van der Waals surface area contributed by atoms with Gasteiger partial charge in [0, 0.05) is 10.1 Å². The van der Waals surface area contributed by atoms with Crippen molar-refractivity contribution in [1.82, 2.24) is 0 Å². The van der Waals surface area contributed by atoms with E-state index in [-0.39, 0.29) is 5.82 Å². The second-order valence-corrected chi connectivity index (χ2v) is 3.11. The molecule has 0 bridgehead atoms. The van der Waals surface area contributed by atoms with Crippen LogP contribution in [0.15, 0.2) is 18.2 Å². The lowest BCUT2D eigenvalue weighted by Gasteiger charge is -1.97. The van der Waals surface area contributed by atoms with Crippen molar-refractivity contribution >= 4 is 22.6 Å². The molecule has 0 unspecified atom stereocenters. The molecule has 0 aliphatic heterocycles. The Hall–Kier alpha value is -0.160. The van der Waals surface area contributed by atoms with Gasteiger partial charge in [0.15, 0.2) is 0 Å². The average molecular weight is 251 g/mol. The summed E-state index contributed by atoms with van der Waals surface area (Å²) in [6.45, 7) is 0.469. The molecule has 0 spiro atoms. The molecule has 2 N–H and O–H groups in total. The molecule has 0 aliphatic carbocycles. The summed E-state index contributed by atoms with van der Waals surface area (Å²) in [5.41, 5.74) is 6.31. The van der Waals surface area contributed by atoms with E-state index in [9.17, 15) is 4.39 Å². The van der Waals surface area contributed by atoms with Crippen molar-refractivity contribution in [3.63, 3.8) is 0 Å². The van der Waals surface area contributed by atoms with Crippen molar-refractivity contribution < 1.29 is 4.39 Å². The molecular formula is C7H7FIN. The number of benzene rings is 1. The minimum atomic E-state index is -0.183. The van der Waals surface area contributed by atoms with Crippen LogP contribution in [0.3, 0.4) is 0 Å². The van der Waals surface area contributed by atoms with E-state index >= 15 is 0 Å². The highest BCUT2D eigenvalue weighted by molar-refractivity contribution is 14.1. The first-order valence-electron chi connectivity index (χ1n) is 2.88. The first-order chi connectivity index (χ1) is 4.74. The SMILES string of the molecule is NCc1ccc(F)c(I)c1. The molecule has 1 rings (SSSR count). The molecule has 1 aromatic rings. The van der Waals surface area contributed by atoms with Gasteiger partial charge in [-0.25, -0.2) is 4.39 Å². The summed E-state index contributed by atoms with van der Waals surface area (Å²) in [6.07, 6.45) is 0. The molecule has 1 nitrogen and oxygen atoms in total. The molecule has 0 saturated heterocycles. The van der Waals surface area contributed by atoms with Gasteiger partial charge in [0.25, 0.3) is 0 Å². The van der Waals surface area contributed by atoms with Gasteiger partial charge >= 0.3 is 0 Å². The van der Waals surface area contributed by atoms with Crippen LogP contribution in [-0.4, -0.2) is 0 Å². The summed E-state index contributed by atoms with van der Waals surface area (Å²) in [7, 11) is 0. The third-order valence-corrected chi connectivity index (χ3v) is 2.05.